The van der Waals surface area contributed by atoms with E-state index in [-0.39, 0.29) is 16.7 Å². The summed E-state index contributed by atoms with van der Waals surface area (Å²) < 4.78 is 36.9. The molecule has 0 heterocycles. The number of nitrogens with two attached hydrogens (primary N) is 2. The Morgan fingerprint density at radius 1 is 1.20 bits per heavy atom. The number of rotatable bonds is 1. The summed E-state index contributed by atoms with van der Waals surface area (Å²) in [6, 6.07) is 2.84. The molecule has 0 bridgehead atoms. The van der Waals surface area contributed by atoms with E-state index in [2.05, 4.69) is 4.99 Å². The molecule has 0 saturated heterocycles. The molecular weight excluding hydrogens is 231 g/mol. The number of benzene rings is 1. The molecule has 0 saturated carbocycles. The molecule has 0 fully saturated rings. The Morgan fingerprint density at radius 3 is 2.27 bits per heavy atom. The first-order valence-corrected chi connectivity index (χ1v) is 4.14. The van der Waals surface area contributed by atoms with Gasteiger partial charge in [0.25, 0.3) is 0 Å². The molecule has 82 valence electrons. The van der Waals surface area contributed by atoms with Crippen LogP contribution < -0.4 is 11.5 Å². The van der Waals surface area contributed by atoms with Gasteiger partial charge in [-0.2, -0.15) is 13.2 Å². The van der Waals surface area contributed by atoms with E-state index in [1.54, 1.807) is 0 Å². The predicted molar refractivity (Wildman–Crippen MR) is 51.9 cm³/mol. The standard InChI is InChI=1S/C8H7ClF3N3/c9-5-1-4(8(10,11)12)2-6(3-5)15-7(13)14/h1-3H,(H4,13,14,15). The summed E-state index contributed by atoms with van der Waals surface area (Å²) in [7, 11) is 0. The van der Waals surface area contributed by atoms with E-state index in [0.29, 0.717) is 0 Å². The lowest BCUT2D eigenvalue weighted by molar-refractivity contribution is -0.137. The number of hydrogen-bond donors (Lipinski definition) is 2. The van der Waals surface area contributed by atoms with Crippen LogP contribution in [0.1, 0.15) is 5.56 Å². The van der Waals surface area contributed by atoms with Gasteiger partial charge < -0.3 is 11.5 Å². The van der Waals surface area contributed by atoms with E-state index in [1.807, 2.05) is 0 Å². The second-order valence-electron chi connectivity index (χ2n) is 2.73. The average Bonchev–Trinajstić information content (AvgIpc) is 1.99. The Labute approximate surface area is 88.5 Å². The summed E-state index contributed by atoms with van der Waals surface area (Å²) in [5.74, 6) is -0.328. The van der Waals surface area contributed by atoms with E-state index in [9.17, 15) is 13.2 Å². The molecule has 0 aliphatic rings. The minimum atomic E-state index is -4.47. The summed E-state index contributed by atoms with van der Waals surface area (Å²) >= 11 is 5.49. The first-order chi connectivity index (χ1) is 6.79. The maximum Gasteiger partial charge on any atom is 0.416 e. The maximum absolute atomic E-state index is 12.3. The average molecular weight is 238 g/mol. The highest BCUT2D eigenvalue weighted by Crippen LogP contribution is 2.33. The molecule has 4 N–H and O–H groups in total. The van der Waals surface area contributed by atoms with E-state index >= 15 is 0 Å². The molecule has 0 spiro atoms. The zero-order valence-electron chi connectivity index (χ0n) is 7.35. The number of hydrogen-bond acceptors (Lipinski definition) is 1. The Morgan fingerprint density at radius 2 is 1.80 bits per heavy atom. The van der Waals surface area contributed by atoms with Crippen LogP contribution in [-0.4, -0.2) is 5.96 Å². The Balaban J connectivity index is 3.23. The maximum atomic E-state index is 12.3. The summed E-state index contributed by atoms with van der Waals surface area (Å²) in [5, 5.41) is -0.0789. The van der Waals surface area contributed by atoms with Gasteiger partial charge >= 0.3 is 6.18 Å². The zero-order chi connectivity index (χ0) is 11.6. The normalized spacial score (nSPS) is 11.2. The van der Waals surface area contributed by atoms with Crippen molar-refractivity contribution < 1.29 is 13.2 Å². The molecule has 0 amide bonds. The lowest BCUT2D eigenvalue weighted by atomic mass is 10.2. The van der Waals surface area contributed by atoms with Crippen LogP contribution in [0.2, 0.25) is 5.02 Å². The Kier molecular flexibility index (Phi) is 3.09. The van der Waals surface area contributed by atoms with Gasteiger partial charge in [-0.1, -0.05) is 11.6 Å². The Hall–Kier alpha value is -1.43. The molecule has 0 atom stereocenters. The van der Waals surface area contributed by atoms with Crippen LogP contribution in [0.3, 0.4) is 0 Å². The fraction of sp³-hybridized carbons (Fsp3) is 0.125. The van der Waals surface area contributed by atoms with Crippen LogP contribution in [0.15, 0.2) is 23.2 Å². The van der Waals surface area contributed by atoms with Gasteiger partial charge in [-0.05, 0) is 18.2 Å². The van der Waals surface area contributed by atoms with Gasteiger partial charge in [0.1, 0.15) is 0 Å². The van der Waals surface area contributed by atoms with E-state index in [1.165, 1.54) is 6.07 Å². The third kappa shape index (κ3) is 3.32. The molecule has 0 aromatic heterocycles. The van der Waals surface area contributed by atoms with E-state index < -0.39 is 11.7 Å². The van der Waals surface area contributed by atoms with Gasteiger partial charge in [0.2, 0.25) is 0 Å². The monoisotopic (exact) mass is 237 g/mol. The third-order valence-corrected chi connectivity index (χ3v) is 1.69. The second-order valence-corrected chi connectivity index (χ2v) is 3.17. The number of nitrogens with zero attached hydrogens (tertiary/aromatic N) is 1. The molecule has 7 heteroatoms. The van der Waals surface area contributed by atoms with E-state index in [4.69, 9.17) is 23.1 Å². The molecule has 0 unspecified atom stereocenters. The summed E-state index contributed by atoms with van der Waals surface area (Å²) in [4.78, 5) is 3.48. The van der Waals surface area contributed by atoms with Crippen LogP contribution in [0, 0.1) is 0 Å². The zero-order valence-corrected chi connectivity index (χ0v) is 8.10. The lowest BCUT2D eigenvalue weighted by Gasteiger charge is -2.07. The quantitative estimate of drug-likeness (QED) is 0.581. The smallest absolute Gasteiger partial charge is 0.370 e. The van der Waals surface area contributed by atoms with Crippen molar-refractivity contribution in [2.45, 2.75) is 6.18 Å². The number of guanidine groups is 1. The minimum absolute atomic E-state index is 0.0326. The van der Waals surface area contributed by atoms with Crippen LogP contribution in [0.25, 0.3) is 0 Å². The molecule has 15 heavy (non-hydrogen) atoms. The molecule has 0 aliphatic heterocycles. The third-order valence-electron chi connectivity index (χ3n) is 1.47. The van der Waals surface area contributed by atoms with Crippen molar-refractivity contribution in [2.24, 2.45) is 16.5 Å². The lowest BCUT2D eigenvalue weighted by Crippen LogP contribution is -2.21. The molecule has 3 nitrogen and oxygen atoms in total. The van der Waals surface area contributed by atoms with Crippen molar-refractivity contribution in [1.29, 1.82) is 0 Å². The molecule has 1 aromatic carbocycles. The van der Waals surface area contributed by atoms with E-state index in [0.717, 1.165) is 12.1 Å². The fourth-order valence-electron chi connectivity index (χ4n) is 0.951. The molecule has 1 rings (SSSR count). The van der Waals surface area contributed by atoms with Crippen molar-refractivity contribution in [3.8, 4) is 0 Å². The number of alkyl halides is 3. The summed E-state index contributed by atoms with van der Waals surface area (Å²) in [6.07, 6.45) is -4.47. The highest BCUT2D eigenvalue weighted by atomic mass is 35.5. The van der Waals surface area contributed by atoms with Crippen LogP contribution in [0.4, 0.5) is 18.9 Å². The van der Waals surface area contributed by atoms with Crippen molar-refractivity contribution in [3.05, 3.63) is 28.8 Å². The predicted octanol–water partition coefficient (Wildman–Crippen LogP) is 2.26. The second kappa shape index (κ2) is 3.98. The SMILES string of the molecule is NC(N)=Nc1cc(Cl)cc(C(F)(F)F)c1. The van der Waals surface area contributed by atoms with Gasteiger partial charge in [0.05, 0.1) is 11.3 Å². The van der Waals surface area contributed by atoms with Crippen molar-refractivity contribution in [2.75, 3.05) is 0 Å². The van der Waals surface area contributed by atoms with Gasteiger partial charge in [-0.3, -0.25) is 0 Å². The van der Waals surface area contributed by atoms with Crippen LogP contribution in [-0.2, 0) is 6.18 Å². The summed E-state index contributed by atoms with van der Waals surface area (Å²) in [6.45, 7) is 0. The largest absolute Gasteiger partial charge is 0.416 e. The molecule has 1 aromatic rings. The van der Waals surface area contributed by atoms with Gasteiger partial charge in [-0.15, -0.1) is 0 Å². The summed E-state index contributed by atoms with van der Waals surface area (Å²) in [5.41, 5.74) is 9.15. The Bertz CT molecular complexity index is 397. The van der Waals surface area contributed by atoms with Crippen LogP contribution >= 0.6 is 11.6 Å². The highest BCUT2D eigenvalue weighted by Gasteiger charge is 2.31. The topological polar surface area (TPSA) is 64.4 Å². The molecule has 0 aliphatic carbocycles. The molecule has 0 radical (unpaired) electrons. The highest BCUT2D eigenvalue weighted by molar-refractivity contribution is 6.30. The number of halogens is 4. The first kappa shape index (κ1) is 11.6. The van der Waals surface area contributed by atoms with Crippen molar-refractivity contribution in [3.63, 3.8) is 0 Å². The van der Waals surface area contributed by atoms with Crippen LogP contribution in [0.5, 0.6) is 0 Å². The number of aliphatic imine (C=N–C) groups is 1. The van der Waals surface area contributed by atoms with Gasteiger partial charge in [0, 0.05) is 5.02 Å². The van der Waals surface area contributed by atoms with Gasteiger partial charge in [0.15, 0.2) is 5.96 Å². The van der Waals surface area contributed by atoms with Crippen molar-refractivity contribution >= 4 is 23.2 Å². The van der Waals surface area contributed by atoms with Crippen molar-refractivity contribution in [1.82, 2.24) is 0 Å². The van der Waals surface area contributed by atoms with Gasteiger partial charge in [-0.25, -0.2) is 4.99 Å². The first-order valence-electron chi connectivity index (χ1n) is 3.76. The molecular formula is C8H7ClF3N3. The fourth-order valence-corrected chi connectivity index (χ4v) is 1.18. The minimum Gasteiger partial charge on any atom is -0.370 e.